The van der Waals surface area contributed by atoms with Gasteiger partial charge in [0.1, 0.15) is 5.82 Å². The summed E-state index contributed by atoms with van der Waals surface area (Å²) in [5, 5.41) is 25.3. The predicted molar refractivity (Wildman–Crippen MR) is 56.6 cm³/mol. The van der Waals surface area contributed by atoms with E-state index in [1.54, 1.807) is 0 Å². The van der Waals surface area contributed by atoms with E-state index in [1.807, 2.05) is 0 Å². The molecule has 0 aliphatic heterocycles. The predicted octanol–water partition coefficient (Wildman–Crippen LogP) is 1.39. The summed E-state index contributed by atoms with van der Waals surface area (Å²) in [5.41, 5.74) is -0.725. The molecule has 1 rings (SSSR count). The van der Waals surface area contributed by atoms with Crippen LogP contribution in [0.2, 0.25) is 0 Å². The van der Waals surface area contributed by atoms with E-state index in [0.717, 1.165) is 5.01 Å². The van der Waals surface area contributed by atoms with Crippen molar-refractivity contribution in [1.82, 2.24) is 5.01 Å². The SMILES string of the molecule is OCCN(CCO)N=Nc1c(F)cc(F)cc1F. The average Bonchev–Trinajstić information content (AvgIpc) is 2.28. The van der Waals surface area contributed by atoms with Gasteiger partial charge in [0.15, 0.2) is 17.3 Å². The van der Waals surface area contributed by atoms with Crippen LogP contribution in [0.25, 0.3) is 0 Å². The molecule has 0 aromatic heterocycles. The number of rotatable bonds is 6. The molecular formula is C10H12F3N3O2. The topological polar surface area (TPSA) is 68.4 Å². The third kappa shape index (κ3) is 3.97. The second kappa shape index (κ2) is 6.92. The minimum absolute atomic E-state index is 0.0501. The number of benzene rings is 1. The van der Waals surface area contributed by atoms with Crippen LogP contribution in [0.4, 0.5) is 18.9 Å². The van der Waals surface area contributed by atoms with Crippen LogP contribution < -0.4 is 0 Å². The lowest BCUT2D eigenvalue weighted by molar-refractivity contribution is 0.158. The van der Waals surface area contributed by atoms with Crippen molar-refractivity contribution in [2.75, 3.05) is 26.3 Å². The first-order chi connectivity index (χ1) is 8.58. The average molecular weight is 263 g/mol. The fraction of sp³-hybridized carbons (Fsp3) is 0.400. The monoisotopic (exact) mass is 263 g/mol. The van der Waals surface area contributed by atoms with E-state index in [9.17, 15) is 13.2 Å². The molecule has 0 fully saturated rings. The summed E-state index contributed by atoms with van der Waals surface area (Å²) in [6.07, 6.45) is 0. The third-order valence-corrected chi connectivity index (χ3v) is 1.97. The zero-order chi connectivity index (χ0) is 13.5. The first-order valence-electron chi connectivity index (χ1n) is 5.11. The van der Waals surface area contributed by atoms with E-state index < -0.39 is 23.1 Å². The van der Waals surface area contributed by atoms with Gasteiger partial charge in [-0.25, -0.2) is 13.2 Å². The van der Waals surface area contributed by atoms with E-state index in [1.165, 1.54) is 0 Å². The lowest BCUT2D eigenvalue weighted by Crippen LogP contribution is -2.24. The van der Waals surface area contributed by atoms with Crippen LogP contribution in [0.15, 0.2) is 22.5 Å². The summed E-state index contributed by atoms with van der Waals surface area (Å²) < 4.78 is 39.0. The summed E-state index contributed by atoms with van der Waals surface area (Å²) in [4.78, 5) is 0. The van der Waals surface area contributed by atoms with E-state index in [-0.39, 0.29) is 26.3 Å². The molecule has 0 heterocycles. The van der Waals surface area contributed by atoms with Crippen molar-refractivity contribution in [2.24, 2.45) is 10.3 Å². The molecule has 0 saturated carbocycles. The van der Waals surface area contributed by atoms with Crippen LogP contribution in [0.3, 0.4) is 0 Å². The van der Waals surface area contributed by atoms with Crippen LogP contribution in [-0.2, 0) is 0 Å². The highest BCUT2D eigenvalue weighted by atomic mass is 19.1. The smallest absolute Gasteiger partial charge is 0.159 e. The maximum atomic E-state index is 13.2. The number of hydrogen-bond acceptors (Lipinski definition) is 4. The Morgan fingerprint density at radius 2 is 1.50 bits per heavy atom. The molecule has 0 bridgehead atoms. The highest BCUT2D eigenvalue weighted by Crippen LogP contribution is 2.23. The number of aliphatic hydroxyl groups excluding tert-OH is 2. The van der Waals surface area contributed by atoms with Crippen LogP contribution in [0, 0.1) is 17.5 Å². The minimum Gasteiger partial charge on any atom is -0.394 e. The fourth-order valence-electron chi connectivity index (χ4n) is 1.17. The van der Waals surface area contributed by atoms with Crippen molar-refractivity contribution >= 4 is 5.69 Å². The van der Waals surface area contributed by atoms with Gasteiger partial charge in [-0.1, -0.05) is 5.22 Å². The normalized spacial score (nSPS) is 11.2. The largest absolute Gasteiger partial charge is 0.394 e. The standard InChI is InChI=1S/C10H12F3N3O2/c11-7-5-8(12)10(9(13)6-7)14-15-16(1-3-17)2-4-18/h5-6,17-18H,1-4H2. The molecule has 0 radical (unpaired) electrons. The highest BCUT2D eigenvalue weighted by Gasteiger charge is 2.11. The molecule has 8 heteroatoms. The molecule has 18 heavy (non-hydrogen) atoms. The molecule has 1 aromatic rings. The minimum atomic E-state index is -1.18. The summed E-state index contributed by atoms with van der Waals surface area (Å²) in [6, 6.07) is 0.972. The Balaban J connectivity index is 2.88. The maximum absolute atomic E-state index is 13.2. The van der Waals surface area contributed by atoms with E-state index in [4.69, 9.17) is 10.2 Å². The van der Waals surface area contributed by atoms with Gasteiger partial charge in [-0.2, -0.15) is 0 Å². The van der Waals surface area contributed by atoms with Gasteiger partial charge in [0.05, 0.1) is 26.3 Å². The number of nitrogens with zero attached hydrogens (tertiary/aromatic N) is 3. The zero-order valence-electron chi connectivity index (χ0n) is 9.35. The molecule has 0 atom stereocenters. The summed E-state index contributed by atoms with van der Waals surface area (Å²) in [5.74, 6) is -3.40. The number of aliphatic hydroxyl groups is 2. The number of hydrogen-bond donors (Lipinski definition) is 2. The van der Waals surface area contributed by atoms with Gasteiger partial charge in [-0.05, 0) is 0 Å². The quantitative estimate of drug-likeness (QED) is 0.602. The molecular weight excluding hydrogens is 251 g/mol. The highest BCUT2D eigenvalue weighted by molar-refractivity contribution is 5.39. The van der Waals surface area contributed by atoms with Gasteiger partial charge >= 0.3 is 0 Å². The van der Waals surface area contributed by atoms with Gasteiger partial charge in [0.2, 0.25) is 0 Å². The molecule has 0 saturated heterocycles. The Morgan fingerprint density at radius 1 is 1.00 bits per heavy atom. The molecule has 0 aliphatic carbocycles. The molecule has 0 amide bonds. The molecule has 0 spiro atoms. The van der Waals surface area contributed by atoms with Crippen molar-refractivity contribution in [3.63, 3.8) is 0 Å². The Labute approximate surface area is 101 Å². The first kappa shape index (κ1) is 14.4. The van der Waals surface area contributed by atoms with Gasteiger partial charge in [0, 0.05) is 12.1 Å². The second-order valence-electron chi connectivity index (χ2n) is 3.31. The van der Waals surface area contributed by atoms with Crippen molar-refractivity contribution < 1.29 is 23.4 Å². The summed E-state index contributed by atoms with van der Waals surface area (Å²) in [6.45, 7) is -0.413. The van der Waals surface area contributed by atoms with Crippen molar-refractivity contribution in [3.8, 4) is 0 Å². The maximum Gasteiger partial charge on any atom is 0.159 e. The lowest BCUT2D eigenvalue weighted by Gasteiger charge is -2.14. The van der Waals surface area contributed by atoms with Crippen molar-refractivity contribution in [1.29, 1.82) is 0 Å². The second-order valence-corrected chi connectivity index (χ2v) is 3.31. The van der Waals surface area contributed by atoms with E-state index >= 15 is 0 Å². The molecule has 1 aromatic carbocycles. The van der Waals surface area contributed by atoms with Gasteiger partial charge in [0.25, 0.3) is 0 Å². The van der Waals surface area contributed by atoms with E-state index in [2.05, 4.69) is 10.3 Å². The lowest BCUT2D eigenvalue weighted by atomic mass is 10.3. The van der Waals surface area contributed by atoms with Crippen molar-refractivity contribution in [3.05, 3.63) is 29.6 Å². The first-order valence-corrected chi connectivity index (χ1v) is 5.11. The van der Waals surface area contributed by atoms with Gasteiger partial charge in [-0.3, -0.25) is 5.01 Å². The zero-order valence-corrected chi connectivity index (χ0v) is 9.35. The summed E-state index contributed by atoms with van der Waals surface area (Å²) in [7, 11) is 0. The van der Waals surface area contributed by atoms with Crippen LogP contribution in [-0.4, -0.2) is 41.5 Å². The fourth-order valence-corrected chi connectivity index (χ4v) is 1.17. The van der Waals surface area contributed by atoms with Gasteiger partial charge in [-0.15, -0.1) is 5.11 Å². The van der Waals surface area contributed by atoms with Crippen LogP contribution in [0.1, 0.15) is 0 Å². The Morgan fingerprint density at radius 3 is 1.94 bits per heavy atom. The molecule has 0 aliphatic rings. The molecule has 5 nitrogen and oxygen atoms in total. The van der Waals surface area contributed by atoms with Crippen molar-refractivity contribution in [2.45, 2.75) is 0 Å². The van der Waals surface area contributed by atoms with Crippen LogP contribution >= 0.6 is 0 Å². The summed E-state index contributed by atoms with van der Waals surface area (Å²) >= 11 is 0. The van der Waals surface area contributed by atoms with Gasteiger partial charge < -0.3 is 10.2 Å². The molecule has 100 valence electrons. The molecule has 2 N–H and O–H groups in total. The number of halogens is 3. The third-order valence-electron chi connectivity index (χ3n) is 1.97. The Kier molecular flexibility index (Phi) is 5.53. The Hall–Kier alpha value is -1.67. The van der Waals surface area contributed by atoms with E-state index in [0.29, 0.717) is 12.1 Å². The Bertz CT molecular complexity index is 400. The molecule has 0 unspecified atom stereocenters. The van der Waals surface area contributed by atoms with Crippen LogP contribution in [0.5, 0.6) is 0 Å².